The van der Waals surface area contributed by atoms with Gasteiger partial charge in [0.2, 0.25) is 5.02 Å². The molecule has 0 aromatic rings. The van der Waals surface area contributed by atoms with Crippen molar-refractivity contribution >= 4 is 35.4 Å². The number of nitrogens with zero attached hydrogens (tertiary/aromatic N) is 1. The molecular weight excluding hydrogens is 380 g/mol. The van der Waals surface area contributed by atoms with Crippen molar-refractivity contribution < 1.29 is 54.6 Å². The summed E-state index contributed by atoms with van der Waals surface area (Å²) < 4.78 is 82.9. The highest BCUT2D eigenvalue weighted by atomic mass is 32.2. The van der Waals surface area contributed by atoms with E-state index in [0.717, 1.165) is 0 Å². The van der Waals surface area contributed by atoms with E-state index in [2.05, 4.69) is 0 Å². The summed E-state index contributed by atoms with van der Waals surface area (Å²) in [5, 5.41) is -3.61. The molecule has 0 aliphatic rings. The minimum atomic E-state index is -5.83. The molecule has 17 heteroatoms. The lowest BCUT2D eigenvalue weighted by molar-refractivity contribution is 0.202. The van der Waals surface area contributed by atoms with Gasteiger partial charge in [0.15, 0.2) is 0 Å². The van der Waals surface area contributed by atoms with Crippen LogP contribution < -0.4 is 0 Å². The summed E-state index contributed by atoms with van der Waals surface area (Å²) in [6, 6.07) is 0. The molecule has 0 saturated heterocycles. The minimum Gasteiger partial charge on any atom is -0.323 e. The molecule has 0 unspecified atom stereocenters. The molecule has 0 rings (SSSR count). The SMILES string of the molecule is CC(N(CS(=O)(=O)O)CS(=O)(=O)O)(P(=O)(O)O)P(=O)(O)O. The molecule has 0 fully saturated rings. The Morgan fingerprint density at radius 2 is 1.10 bits per heavy atom. The van der Waals surface area contributed by atoms with Crippen LogP contribution in [0.2, 0.25) is 0 Å². The molecule has 0 heterocycles. The molecule has 0 aromatic carbocycles. The first kappa shape index (κ1) is 21.1. The summed E-state index contributed by atoms with van der Waals surface area (Å²) in [5.74, 6) is -3.72. The summed E-state index contributed by atoms with van der Waals surface area (Å²) in [7, 11) is -21.9. The highest BCUT2D eigenvalue weighted by Crippen LogP contribution is 2.70. The zero-order valence-electron chi connectivity index (χ0n) is 10.2. The summed E-state index contributed by atoms with van der Waals surface area (Å²) in [5.41, 5.74) is 0. The first-order chi connectivity index (χ1) is 8.81. The predicted octanol–water partition coefficient (Wildman–Crippen LogP) is -1.99. The number of hydrogen-bond donors (Lipinski definition) is 6. The Labute approximate surface area is 119 Å². The van der Waals surface area contributed by atoms with E-state index in [1.807, 2.05) is 0 Å². The maximum absolute atomic E-state index is 11.3. The van der Waals surface area contributed by atoms with Gasteiger partial charge in [0.1, 0.15) is 11.8 Å². The fourth-order valence-electron chi connectivity index (χ4n) is 1.21. The number of rotatable bonds is 7. The van der Waals surface area contributed by atoms with E-state index in [-0.39, 0.29) is 6.92 Å². The molecule has 0 amide bonds. The van der Waals surface area contributed by atoms with Gasteiger partial charge in [0, 0.05) is 0 Å². The molecule has 0 radical (unpaired) electrons. The Kier molecular flexibility index (Phi) is 5.96. The van der Waals surface area contributed by atoms with Gasteiger partial charge in [-0.3, -0.25) is 18.2 Å². The molecule has 6 N–H and O–H groups in total. The molecular formula is C4H13NO12P2S2. The second-order valence-corrected chi connectivity index (χ2v) is 11.1. The quantitative estimate of drug-likeness (QED) is 0.203. The van der Waals surface area contributed by atoms with Gasteiger partial charge >= 0.3 is 15.2 Å². The van der Waals surface area contributed by atoms with E-state index < -0.39 is 57.1 Å². The average Bonchev–Trinajstić information content (AvgIpc) is 2.06. The van der Waals surface area contributed by atoms with E-state index in [0.29, 0.717) is 0 Å². The summed E-state index contributed by atoms with van der Waals surface area (Å²) in [6.07, 6.45) is 0. The summed E-state index contributed by atoms with van der Waals surface area (Å²) >= 11 is 0. The Morgan fingerprint density at radius 1 is 0.857 bits per heavy atom. The molecule has 0 bridgehead atoms. The van der Waals surface area contributed by atoms with Crippen LogP contribution in [0, 0.1) is 0 Å². The maximum atomic E-state index is 11.3. The van der Waals surface area contributed by atoms with E-state index in [9.17, 15) is 26.0 Å². The molecule has 0 aliphatic carbocycles. The molecule has 0 aliphatic heterocycles. The maximum Gasteiger partial charge on any atom is 0.357 e. The Bertz CT molecular complexity index is 627. The molecule has 0 spiro atoms. The topological polar surface area (TPSA) is 227 Å². The fourth-order valence-corrected chi connectivity index (χ4v) is 5.58. The third kappa shape index (κ3) is 5.65. The van der Waals surface area contributed by atoms with Crippen molar-refractivity contribution in [3.8, 4) is 0 Å². The first-order valence-corrected chi connectivity index (χ1v) is 11.0. The van der Waals surface area contributed by atoms with Crippen LogP contribution in [0.1, 0.15) is 6.92 Å². The standard InChI is InChI=1S/C4H13NO12P2S2/c1-4(18(6,7)8,19(9,10)11)5(2-20(12,13)14)3-21(15,16)17/h2-3H2,1H3,(H2,6,7,8)(H2,9,10,11)(H,12,13,14)(H,15,16,17). The Hall–Kier alpha value is 0.0800. The largest absolute Gasteiger partial charge is 0.357 e. The van der Waals surface area contributed by atoms with Crippen LogP contribution in [0.5, 0.6) is 0 Å². The van der Waals surface area contributed by atoms with Crippen LogP contribution in [-0.4, -0.2) is 67.2 Å². The van der Waals surface area contributed by atoms with E-state index in [1.54, 1.807) is 0 Å². The Morgan fingerprint density at radius 3 is 1.24 bits per heavy atom. The van der Waals surface area contributed by atoms with Crippen molar-refractivity contribution in [2.75, 3.05) is 11.8 Å². The van der Waals surface area contributed by atoms with Crippen LogP contribution >= 0.6 is 15.2 Å². The second kappa shape index (κ2) is 5.94. The van der Waals surface area contributed by atoms with Crippen LogP contribution in [0.4, 0.5) is 0 Å². The lowest BCUT2D eigenvalue weighted by Crippen LogP contribution is -2.50. The van der Waals surface area contributed by atoms with E-state index >= 15 is 0 Å². The zero-order chi connectivity index (χ0) is 17.5. The monoisotopic (exact) mass is 393 g/mol. The molecule has 128 valence electrons. The molecule has 0 atom stereocenters. The van der Waals surface area contributed by atoms with Gasteiger partial charge in [-0.15, -0.1) is 0 Å². The van der Waals surface area contributed by atoms with Gasteiger partial charge in [-0.2, -0.15) is 16.8 Å². The first-order valence-electron chi connectivity index (χ1n) is 4.58. The second-order valence-electron chi connectivity index (χ2n) is 4.02. The minimum absolute atomic E-state index is 0.199. The zero-order valence-corrected chi connectivity index (χ0v) is 13.6. The third-order valence-electron chi connectivity index (χ3n) is 2.34. The van der Waals surface area contributed by atoms with Gasteiger partial charge in [-0.1, -0.05) is 0 Å². The normalized spacial score (nSPS) is 15.4. The summed E-state index contributed by atoms with van der Waals surface area (Å²) in [6.45, 7) is 0.199. The van der Waals surface area contributed by atoms with Crippen LogP contribution in [-0.2, 0) is 29.4 Å². The van der Waals surface area contributed by atoms with Gasteiger partial charge in [0.05, 0.1) is 0 Å². The lowest BCUT2D eigenvalue weighted by Gasteiger charge is -2.39. The van der Waals surface area contributed by atoms with Gasteiger partial charge in [-0.05, 0) is 6.92 Å². The van der Waals surface area contributed by atoms with E-state index in [1.165, 1.54) is 0 Å². The van der Waals surface area contributed by atoms with Crippen molar-refractivity contribution in [3.63, 3.8) is 0 Å². The molecule has 13 nitrogen and oxygen atoms in total. The van der Waals surface area contributed by atoms with Crippen LogP contribution in [0.25, 0.3) is 0 Å². The Balaban J connectivity index is 6.32. The van der Waals surface area contributed by atoms with Gasteiger partial charge in [0.25, 0.3) is 20.2 Å². The van der Waals surface area contributed by atoms with Gasteiger partial charge in [-0.25, -0.2) is 4.90 Å². The molecule has 0 aromatic heterocycles. The smallest absolute Gasteiger partial charge is 0.323 e. The van der Waals surface area contributed by atoms with E-state index in [4.69, 9.17) is 28.7 Å². The van der Waals surface area contributed by atoms with Crippen molar-refractivity contribution in [1.29, 1.82) is 0 Å². The van der Waals surface area contributed by atoms with Crippen LogP contribution in [0.3, 0.4) is 0 Å². The van der Waals surface area contributed by atoms with Gasteiger partial charge < -0.3 is 19.6 Å². The van der Waals surface area contributed by atoms with Crippen LogP contribution in [0.15, 0.2) is 0 Å². The summed E-state index contributed by atoms with van der Waals surface area (Å²) in [4.78, 5) is 35.8. The highest BCUT2D eigenvalue weighted by Gasteiger charge is 2.61. The molecule has 21 heavy (non-hydrogen) atoms. The highest BCUT2D eigenvalue weighted by molar-refractivity contribution is 7.86. The number of hydrogen-bond acceptors (Lipinski definition) is 7. The fraction of sp³-hybridized carbons (Fsp3) is 1.00. The van der Waals surface area contributed by atoms with Crippen molar-refractivity contribution in [3.05, 3.63) is 0 Å². The predicted molar refractivity (Wildman–Crippen MR) is 67.2 cm³/mol. The third-order valence-corrected chi connectivity index (χ3v) is 7.95. The van der Waals surface area contributed by atoms with Crippen molar-refractivity contribution in [1.82, 2.24) is 4.90 Å². The lowest BCUT2D eigenvalue weighted by atomic mass is 10.6. The average molecular weight is 393 g/mol. The van der Waals surface area contributed by atoms with Crippen molar-refractivity contribution in [2.24, 2.45) is 0 Å². The molecule has 0 saturated carbocycles. The van der Waals surface area contributed by atoms with Crippen molar-refractivity contribution in [2.45, 2.75) is 11.9 Å².